The van der Waals surface area contributed by atoms with Crippen LogP contribution in [0.5, 0.6) is 5.75 Å². The normalized spacial score (nSPS) is 17.4. The van der Waals surface area contributed by atoms with E-state index < -0.39 is 0 Å². The smallest absolute Gasteiger partial charge is 0.222 e. The molecule has 1 unspecified atom stereocenters. The summed E-state index contributed by atoms with van der Waals surface area (Å²) in [6, 6.07) is 18.4. The lowest BCUT2D eigenvalue weighted by Crippen LogP contribution is -2.55. The predicted molar refractivity (Wildman–Crippen MR) is 171 cm³/mol. The molecule has 1 aromatic heterocycles. The Hall–Kier alpha value is -3.33. The highest BCUT2D eigenvalue weighted by Gasteiger charge is 2.30. The molecule has 3 aromatic rings. The third-order valence-corrected chi connectivity index (χ3v) is 9.81. The van der Waals surface area contributed by atoms with E-state index in [-0.39, 0.29) is 17.9 Å². The van der Waals surface area contributed by atoms with Crippen LogP contribution in [0.2, 0.25) is 0 Å². The molecule has 1 atom stereocenters. The van der Waals surface area contributed by atoms with Gasteiger partial charge in [0, 0.05) is 56.4 Å². The van der Waals surface area contributed by atoms with Gasteiger partial charge in [0.2, 0.25) is 11.8 Å². The molecule has 2 fully saturated rings. The lowest BCUT2D eigenvalue weighted by atomic mass is 10.0. The molecule has 230 valence electrons. The van der Waals surface area contributed by atoms with Gasteiger partial charge in [-0.05, 0) is 61.9 Å². The molecule has 2 aliphatic rings. The van der Waals surface area contributed by atoms with Crippen LogP contribution in [0.1, 0.15) is 76.1 Å². The fourth-order valence-corrected chi connectivity index (χ4v) is 7.27. The Morgan fingerprint density at radius 3 is 2.42 bits per heavy atom. The minimum absolute atomic E-state index is 0.0822. The molecule has 2 heterocycles. The van der Waals surface area contributed by atoms with Crippen LogP contribution in [0, 0.1) is 5.92 Å². The van der Waals surface area contributed by atoms with Gasteiger partial charge < -0.3 is 14.5 Å². The summed E-state index contributed by atoms with van der Waals surface area (Å²) in [6.45, 7) is 4.01. The van der Waals surface area contributed by atoms with Crippen molar-refractivity contribution in [3.63, 3.8) is 0 Å². The number of methoxy groups -OCH3 is 1. The number of carbonyl (C=O) groups excluding carboxylic acids is 2. The lowest BCUT2D eigenvalue weighted by Gasteiger charge is -2.40. The third-order valence-electron chi connectivity index (χ3n) is 8.79. The van der Waals surface area contributed by atoms with Gasteiger partial charge in [0.05, 0.1) is 7.11 Å². The van der Waals surface area contributed by atoms with Crippen molar-refractivity contribution < 1.29 is 14.3 Å². The average Bonchev–Trinajstić information content (AvgIpc) is 3.70. The molecule has 0 radical (unpaired) electrons. The summed E-state index contributed by atoms with van der Waals surface area (Å²) in [5.74, 6) is 3.74. The quantitative estimate of drug-likeness (QED) is 0.172. The zero-order valence-corrected chi connectivity index (χ0v) is 26.4. The molecule has 2 amide bonds. The number of amides is 2. The van der Waals surface area contributed by atoms with E-state index in [9.17, 15) is 9.59 Å². The standard InChI is InChI=1S/C34H45N5O3S/c1-26-25-37(21-22-38(26)33(41)20-15-27-10-6-7-11-27)32(40)14-8-9-23-43-34-36-35-31(24-28-12-4-3-5-13-28)39(34)29-16-18-30(42-2)19-17-29/h3-5,12-13,16-19,26-27H,6-11,14-15,20-25H2,1-2H3. The first kappa shape index (κ1) is 31.1. The molecule has 0 N–H and O–H groups in total. The molecule has 43 heavy (non-hydrogen) atoms. The minimum Gasteiger partial charge on any atom is -0.497 e. The van der Waals surface area contributed by atoms with Crippen LogP contribution in [0.3, 0.4) is 0 Å². The van der Waals surface area contributed by atoms with Gasteiger partial charge in [-0.15, -0.1) is 10.2 Å². The summed E-state index contributed by atoms with van der Waals surface area (Å²) < 4.78 is 7.48. The summed E-state index contributed by atoms with van der Waals surface area (Å²) in [5.41, 5.74) is 2.18. The molecule has 2 aromatic carbocycles. The van der Waals surface area contributed by atoms with Crippen LogP contribution in [0.15, 0.2) is 59.8 Å². The van der Waals surface area contributed by atoms with Crippen molar-refractivity contribution >= 4 is 23.6 Å². The second kappa shape index (κ2) is 15.4. The van der Waals surface area contributed by atoms with Gasteiger partial charge >= 0.3 is 0 Å². The number of benzene rings is 2. The van der Waals surface area contributed by atoms with E-state index >= 15 is 0 Å². The summed E-state index contributed by atoms with van der Waals surface area (Å²) >= 11 is 1.68. The molecule has 8 nitrogen and oxygen atoms in total. The van der Waals surface area contributed by atoms with Gasteiger partial charge in [-0.1, -0.05) is 67.8 Å². The molecule has 9 heteroatoms. The maximum Gasteiger partial charge on any atom is 0.222 e. The SMILES string of the molecule is COc1ccc(-n2c(Cc3ccccc3)nnc2SCCCCC(=O)N2CCN(C(=O)CCC3CCCC3)C(C)C2)cc1. The number of rotatable bonds is 13. The third kappa shape index (κ3) is 8.40. The fourth-order valence-electron chi connectivity index (χ4n) is 6.30. The van der Waals surface area contributed by atoms with Crippen molar-refractivity contribution in [2.75, 3.05) is 32.5 Å². The first-order valence-corrected chi connectivity index (χ1v) is 16.8. The van der Waals surface area contributed by atoms with E-state index in [1.807, 2.05) is 52.3 Å². The number of ether oxygens (including phenoxy) is 1. The second-order valence-corrected chi connectivity index (χ2v) is 12.9. The zero-order chi connectivity index (χ0) is 30.0. The Morgan fingerprint density at radius 2 is 1.70 bits per heavy atom. The molecule has 1 saturated carbocycles. The maximum atomic E-state index is 13.0. The summed E-state index contributed by atoms with van der Waals surface area (Å²) in [7, 11) is 1.67. The van der Waals surface area contributed by atoms with Crippen LogP contribution < -0.4 is 4.74 Å². The van der Waals surface area contributed by atoms with Crippen LogP contribution in [0.25, 0.3) is 5.69 Å². The van der Waals surface area contributed by atoms with Crippen molar-refractivity contribution in [3.8, 4) is 11.4 Å². The first-order chi connectivity index (χ1) is 21.0. The Labute approximate surface area is 260 Å². The molecule has 0 bridgehead atoms. The van der Waals surface area contributed by atoms with E-state index in [0.29, 0.717) is 38.9 Å². The molecule has 1 aliphatic carbocycles. The molecular weight excluding hydrogens is 558 g/mol. The Morgan fingerprint density at radius 1 is 0.930 bits per heavy atom. The van der Waals surface area contributed by atoms with E-state index in [1.54, 1.807) is 18.9 Å². The monoisotopic (exact) mass is 603 g/mol. The number of hydrogen-bond acceptors (Lipinski definition) is 6. The molecule has 5 rings (SSSR count). The van der Waals surface area contributed by atoms with Crippen molar-refractivity contribution in [2.24, 2.45) is 5.92 Å². The van der Waals surface area contributed by atoms with Crippen molar-refractivity contribution in [2.45, 2.75) is 82.3 Å². The molecule has 1 aliphatic heterocycles. The van der Waals surface area contributed by atoms with E-state index in [1.165, 1.54) is 31.2 Å². The van der Waals surface area contributed by atoms with Crippen LogP contribution in [-0.4, -0.2) is 74.9 Å². The van der Waals surface area contributed by atoms with Gasteiger partial charge in [0.1, 0.15) is 11.6 Å². The Balaban J connectivity index is 1.09. The minimum atomic E-state index is 0.0822. The summed E-state index contributed by atoms with van der Waals surface area (Å²) in [5, 5.41) is 9.94. The van der Waals surface area contributed by atoms with Gasteiger partial charge in [-0.3, -0.25) is 14.2 Å². The van der Waals surface area contributed by atoms with Gasteiger partial charge in [-0.25, -0.2) is 0 Å². The largest absolute Gasteiger partial charge is 0.497 e. The van der Waals surface area contributed by atoms with E-state index in [2.05, 4.69) is 33.8 Å². The van der Waals surface area contributed by atoms with E-state index in [4.69, 9.17) is 4.74 Å². The van der Waals surface area contributed by atoms with Crippen molar-refractivity contribution in [1.29, 1.82) is 0 Å². The number of thioether (sulfide) groups is 1. The predicted octanol–water partition coefficient (Wildman–Crippen LogP) is 6.16. The highest BCUT2D eigenvalue weighted by atomic mass is 32.2. The van der Waals surface area contributed by atoms with Crippen molar-refractivity contribution in [3.05, 3.63) is 66.0 Å². The second-order valence-electron chi connectivity index (χ2n) is 11.9. The maximum absolute atomic E-state index is 13.0. The molecule has 0 spiro atoms. The van der Waals surface area contributed by atoms with Gasteiger partial charge in [0.25, 0.3) is 0 Å². The Bertz CT molecular complexity index is 1320. The van der Waals surface area contributed by atoms with E-state index in [0.717, 1.165) is 53.4 Å². The van der Waals surface area contributed by atoms with Crippen molar-refractivity contribution in [1.82, 2.24) is 24.6 Å². The highest BCUT2D eigenvalue weighted by Crippen LogP contribution is 2.29. The fraction of sp³-hybridized carbons (Fsp3) is 0.529. The lowest BCUT2D eigenvalue weighted by molar-refractivity contribution is -0.142. The van der Waals surface area contributed by atoms with Crippen LogP contribution in [0.4, 0.5) is 0 Å². The molecular formula is C34H45N5O3S. The average molecular weight is 604 g/mol. The number of unbranched alkanes of at least 4 members (excludes halogenated alkanes) is 1. The number of hydrogen-bond donors (Lipinski definition) is 0. The topological polar surface area (TPSA) is 80.6 Å². The number of nitrogens with zero attached hydrogens (tertiary/aromatic N) is 5. The summed E-state index contributed by atoms with van der Waals surface area (Å²) in [6.07, 6.45) is 9.83. The first-order valence-electron chi connectivity index (χ1n) is 15.8. The highest BCUT2D eigenvalue weighted by molar-refractivity contribution is 7.99. The molecule has 1 saturated heterocycles. The summed E-state index contributed by atoms with van der Waals surface area (Å²) in [4.78, 5) is 29.8. The number of piperazine rings is 1. The van der Waals surface area contributed by atoms with Crippen LogP contribution in [-0.2, 0) is 16.0 Å². The number of aromatic nitrogens is 3. The number of carbonyl (C=O) groups is 2. The van der Waals surface area contributed by atoms with Gasteiger partial charge in [0.15, 0.2) is 5.16 Å². The zero-order valence-electron chi connectivity index (χ0n) is 25.6. The van der Waals surface area contributed by atoms with Gasteiger partial charge in [-0.2, -0.15) is 0 Å². The Kier molecular flexibility index (Phi) is 11.1. The van der Waals surface area contributed by atoms with Crippen LogP contribution >= 0.6 is 11.8 Å².